The highest BCUT2D eigenvalue weighted by atomic mass is 16.3. The molecular weight excluding hydrogens is 524 g/mol. The van der Waals surface area contributed by atoms with E-state index in [1.54, 1.807) is 0 Å². The van der Waals surface area contributed by atoms with E-state index < -0.39 is 12.1 Å². The molecular formula is C35H50N4O3. The van der Waals surface area contributed by atoms with E-state index in [4.69, 9.17) is 0 Å². The summed E-state index contributed by atoms with van der Waals surface area (Å²) in [6.07, 6.45) is 7.29. The van der Waals surface area contributed by atoms with Crippen LogP contribution in [0.4, 0.5) is 5.69 Å². The lowest BCUT2D eigenvalue weighted by atomic mass is 9.93. The highest BCUT2D eigenvalue weighted by molar-refractivity contribution is 6.08. The fraction of sp³-hybridized carbons (Fsp3) is 0.543. The number of β-amino-alcohol motifs (C(OH)–C–C–N with tert-alkyl or cyclic N) is 1. The first-order valence-electron chi connectivity index (χ1n) is 15.7. The first kappa shape index (κ1) is 31.8. The monoisotopic (exact) mass is 574 g/mol. The van der Waals surface area contributed by atoms with E-state index in [0.717, 1.165) is 53.4 Å². The number of hydrogen-bond acceptors (Lipinski definition) is 4. The molecule has 0 aliphatic carbocycles. The highest BCUT2D eigenvalue weighted by Gasteiger charge is 2.29. The van der Waals surface area contributed by atoms with Crippen molar-refractivity contribution in [1.29, 1.82) is 0 Å². The number of fused-ring (bicyclic) bond motifs is 1. The Morgan fingerprint density at radius 3 is 2.52 bits per heavy atom. The minimum Gasteiger partial charge on any atom is -0.390 e. The van der Waals surface area contributed by atoms with Crippen LogP contribution in [0.3, 0.4) is 0 Å². The van der Waals surface area contributed by atoms with Crippen LogP contribution >= 0.6 is 0 Å². The quantitative estimate of drug-likeness (QED) is 0.228. The normalized spacial score (nSPS) is 15.5. The molecule has 0 spiro atoms. The standard InChI is InChI=1S/C35H50N4O3/c1-7-26-23-38(6)33-28(26)20-27(21-30(33)39-18-12-16-32(39)41)34(42)37-29(19-25-14-9-8-10-15-25)31(40)22-36-35(4,5)17-11-13-24(2)3/h8-10,14-15,20-21,23-24,29,31,36,40H,7,11-13,16-19,22H2,1-6H3,(H,37,42)/t29-,31+/m0/s1. The molecule has 0 radical (unpaired) electrons. The van der Waals surface area contributed by atoms with Gasteiger partial charge in [0.05, 0.1) is 23.3 Å². The number of carbonyl (C=O) groups excluding carboxylic acids is 2. The molecule has 2 aromatic carbocycles. The summed E-state index contributed by atoms with van der Waals surface area (Å²) in [6.45, 7) is 12.0. The lowest BCUT2D eigenvalue weighted by Gasteiger charge is -2.31. The van der Waals surface area contributed by atoms with Gasteiger partial charge in [-0.25, -0.2) is 0 Å². The van der Waals surface area contributed by atoms with Gasteiger partial charge in [0.15, 0.2) is 0 Å². The summed E-state index contributed by atoms with van der Waals surface area (Å²) in [5.41, 5.74) is 4.33. The van der Waals surface area contributed by atoms with Crippen LogP contribution < -0.4 is 15.5 Å². The molecule has 42 heavy (non-hydrogen) atoms. The van der Waals surface area contributed by atoms with Gasteiger partial charge in [-0.3, -0.25) is 9.59 Å². The number of amides is 2. The van der Waals surface area contributed by atoms with Crippen molar-refractivity contribution in [2.24, 2.45) is 13.0 Å². The van der Waals surface area contributed by atoms with Crippen LogP contribution in [0.2, 0.25) is 0 Å². The molecule has 4 rings (SSSR count). The van der Waals surface area contributed by atoms with Crippen molar-refractivity contribution in [3.05, 3.63) is 65.4 Å². The summed E-state index contributed by atoms with van der Waals surface area (Å²) in [7, 11) is 1.99. The number of aromatic nitrogens is 1. The van der Waals surface area contributed by atoms with E-state index in [1.807, 2.05) is 54.4 Å². The first-order valence-corrected chi connectivity index (χ1v) is 15.7. The van der Waals surface area contributed by atoms with Gasteiger partial charge in [0.25, 0.3) is 5.91 Å². The average molecular weight is 575 g/mol. The number of aryl methyl sites for hydroxylation is 2. The number of rotatable bonds is 14. The topological polar surface area (TPSA) is 86.6 Å². The van der Waals surface area contributed by atoms with Gasteiger partial charge in [0, 0.05) is 49.2 Å². The van der Waals surface area contributed by atoms with Crippen molar-refractivity contribution < 1.29 is 14.7 Å². The molecule has 1 aliphatic rings. The van der Waals surface area contributed by atoms with Crippen molar-refractivity contribution in [3.63, 3.8) is 0 Å². The third-order valence-corrected chi connectivity index (χ3v) is 8.60. The molecule has 2 heterocycles. The maximum atomic E-state index is 13.9. The summed E-state index contributed by atoms with van der Waals surface area (Å²) in [5.74, 6) is 0.518. The van der Waals surface area contributed by atoms with Gasteiger partial charge in [0.1, 0.15) is 0 Å². The molecule has 0 saturated carbocycles. The first-order chi connectivity index (χ1) is 20.0. The van der Waals surface area contributed by atoms with E-state index in [0.29, 0.717) is 37.4 Å². The van der Waals surface area contributed by atoms with E-state index >= 15 is 0 Å². The smallest absolute Gasteiger partial charge is 0.251 e. The second kappa shape index (κ2) is 13.9. The zero-order valence-corrected chi connectivity index (χ0v) is 26.4. The molecule has 2 amide bonds. The van der Waals surface area contributed by atoms with Crippen molar-refractivity contribution >= 4 is 28.4 Å². The van der Waals surface area contributed by atoms with Gasteiger partial charge in [-0.1, -0.05) is 63.9 Å². The van der Waals surface area contributed by atoms with Gasteiger partial charge >= 0.3 is 0 Å². The van der Waals surface area contributed by atoms with Crippen LogP contribution in [0.1, 0.15) is 88.2 Å². The fourth-order valence-electron chi connectivity index (χ4n) is 6.09. The number of aliphatic hydroxyl groups excluding tert-OH is 1. The van der Waals surface area contributed by atoms with Crippen molar-refractivity contribution in [3.8, 4) is 0 Å². The summed E-state index contributed by atoms with van der Waals surface area (Å²) in [6, 6.07) is 13.3. The number of hydrogen-bond donors (Lipinski definition) is 3. The third-order valence-electron chi connectivity index (χ3n) is 8.60. The predicted molar refractivity (Wildman–Crippen MR) is 172 cm³/mol. The molecule has 228 valence electrons. The Morgan fingerprint density at radius 1 is 1.14 bits per heavy atom. The molecule has 3 aromatic rings. The van der Waals surface area contributed by atoms with Crippen LogP contribution in [0.15, 0.2) is 48.7 Å². The van der Waals surface area contributed by atoms with Crippen LogP contribution in [0.5, 0.6) is 0 Å². The van der Waals surface area contributed by atoms with Crippen LogP contribution in [0.25, 0.3) is 10.9 Å². The van der Waals surface area contributed by atoms with E-state index in [2.05, 4.69) is 56.0 Å². The largest absolute Gasteiger partial charge is 0.390 e. The molecule has 0 bridgehead atoms. The lowest BCUT2D eigenvalue weighted by molar-refractivity contribution is -0.117. The molecule has 0 unspecified atom stereocenters. The van der Waals surface area contributed by atoms with Gasteiger partial charge < -0.3 is 25.2 Å². The minimum atomic E-state index is -0.787. The number of nitrogens with zero attached hydrogens (tertiary/aromatic N) is 2. The molecule has 2 atom stereocenters. The molecule has 7 heteroatoms. The van der Waals surface area contributed by atoms with Crippen molar-refractivity contribution in [2.75, 3.05) is 18.0 Å². The molecule has 1 aliphatic heterocycles. The second-order valence-corrected chi connectivity index (χ2v) is 13.0. The Hall–Kier alpha value is -3.16. The van der Waals surface area contributed by atoms with Gasteiger partial charge in [-0.2, -0.15) is 0 Å². The summed E-state index contributed by atoms with van der Waals surface area (Å²) >= 11 is 0. The Balaban J connectivity index is 1.59. The van der Waals surface area contributed by atoms with Crippen molar-refractivity contribution in [1.82, 2.24) is 15.2 Å². The Morgan fingerprint density at radius 2 is 1.88 bits per heavy atom. The number of nitrogens with one attached hydrogen (secondary N) is 2. The molecule has 1 aromatic heterocycles. The highest BCUT2D eigenvalue weighted by Crippen LogP contribution is 2.34. The van der Waals surface area contributed by atoms with Gasteiger partial charge in [-0.15, -0.1) is 0 Å². The number of carbonyl (C=O) groups is 2. The second-order valence-electron chi connectivity index (χ2n) is 13.0. The van der Waals surface area contributed by atoms with Crippen LogP contribution in [-0.2, 0) is 24.7 Å². The summed E-state index contributed by atoms with van der Waals surface area (Å²) in [4.78, 5) is 28.5. The number of benzene rings is 2. The van der Waals surface area contributed by atoms with Gasteiger partial charge in [0.2, 0.25) is 5.91 Å². The summed E-state index contributed by atoms with van der Waals surface area (Å²) in [5, 5.41) is 19.2. The van der Waals surface area contributed by atoms with E-state index in [1.165, 1.54) is 6.42 Å². The Bertz CT molecular complexity index is 1360. The van der Waals surface area contributed by atoms with E-state index in [-0.39, 0.29) is 17.4 Å². The zero-order valence-electron chi connectivity index (χ0n) is 26.4. The van der Waals surface area contributed by atoms with Gasteiger partial charge in [-0.05, 0) is 68.7 Å². The maximum Gasteiger partial charge on any atom is 0.251 e. The van der Waals surface area contributed by atoms with E-state index in [9.17, 15) is 14.7 Å². The lowest BCUT2D eigenvalue weighted by Crippen LogP contribution is -2.52. The SMILES string of the molecule is CCc1cn(C)c2c(N3CCCC3=O)cc(C(=O)N[C@@H](Cc3ccccc3)[C@H](O)CNC(C)(C)CCCC(C)C)cc12. The van der Waals surface area contributed by atoms with Crippen molar-refractivity contribution in [2.45, 2.75) is 97.2 Å². The molecule has 1 fully saturated rings. The Labute approximate surface area is 251 Å². The van der Waals surface area contributed by atoms with Crippen LogP contribution in [0, 0.1) is 5.92 Å². The zero-order chi connectivity index (χ0) is 30.4. The predicted octanol–water partition coefficient (Wildman–Crippen LogP) is 5.76. The Kier molecular flexibility index (Phi) is 10.5. The van der Waals surface area contributed by atoms with Crippen LogP contribution in [-0.4, -0.2) is 52.3 Å². The molecule has 7 nitrogen and oxygen atoms in total. The average Bonchev–Trinajstić information content (AvgIpc) is 3.53. The summed E-state index contributed by atoms with van der Waals surface area (Å²) < 4.78 is 2.06. The fourth-order valence-corrected chi connectivity index (χ4v) is 6.09. The minimum absolute atomic E-state index is 0.0903. The molecule has 3 N–H and O–H groups in total. The molecule has 1 saturated heterocycles. The third kappa shape index (κ3) is 7.81. The number of aliphatic hydroxyl groups is 1. The number of anilines is 1. The maximum absolute atomic E-state index is 13.9.